The van der Waals surface area contributed by atoms with Gasteiger partial charge in [-0.1, -0.05) is 13.3 Å². The summed E-state index contributed by atoms with van der Waals surface area (Å²) < 4.78 is 0. The number of aliphatic hydroxyl groups is 1. The molecule has 0 saturated carbocycles. The van der Waals surface area contributed by atoms with Crippen molar-refractivity contribution in [3.63, 3.8) is 0 Å². The van der Waals surface area contributed by atoms with Crippen LogP contribution in [-0.2, 0) is 0 Å². The summed E-state index contributed by atoms with van der Waals surface area (Å²) in [6, 6.07) is 0. The average molecular weight is 280 g/mol. The molecule has 0 radical (unpaired) electrons. The molecule has 20 heavy (non-hydrogen) atoms. The highest BCUT2D eigenvalue weighted by Crippen LogP contribution is 2.16. The first kappa shape index (κ1) is 16.1. The largest absolute Gasteiger partial charge is 0.478 e. The van der Waals surface area contributed by atoms with Crippen molar-refractivity contribution in [3.05, 3.63) is 29.1 Å². The number of rotatable bonds is 6. The van der Waals surface area contributed by atoms with Crippen molar-refractivity contribution >= 4 is 11.9 Å². The zero-order chi connectivity index (χ0) is 15.3. The van der Waals surface area contributed by atoms with Crippen LogP contribution in [0.15, 0.2) is 12.4 Å². The number of carboxylic acids is 1. The van der Waals surface area contributed by atoms with E-state index in [4.69, 9.17) is 5.11 Å². The highest BCUT2D eigenvalue weighted by molar-refractivity contribution is 5.99. The molecule has 0 aliphatic rings. The number of aromatic nitrogens is 1. The van der Waals surface area contributed by atoms with Crippen LogP contribution in [0.1, 0.15) is 53.0 Å². The maximum absolute atomic E-state index is 12.2. The lowest BCUT2D eigenvalue weighted by molar-refractivity contribution is 0.0695. The molecule has 1 aromatic rings. The number of pyridine rings is 1. The molecule has 0 aliphatic heterocycles. The Labute approximate surface area is 117 Å². The molecule has 0 spiro atoms. The fourth-order valence-electron chi connectivity index (χ4n) is 2.04. The third-order valence-corrected chi connectivity index (χ3v) is 3.26. The normalized spacial score (nSPS) is 13.6. The predicted octanol–water partition coefficient (Wildman–Crippen LogP) is 1.37. The Morgan fingerprint density at radius 2 is 1.95 bits per heavy atom. The highest BCUT2D eigenvalue weighted by atomic mass is 16.4. The number of aliphatic hydroxyl groups excluding tert-OH is 1. The minimum Gasteiger partial charge on any atom is -0.478 e. The van der Waals surface area contributed by atoms with Gasteiger partial charge in [0.25, 0.3) is 5.91 Å². The van der Waals surface area contributed by atoms with Gasteiger partial charge in [-0.3, -0.25) is 9.78 Å². The van der Waals surface area contributed by atoms with Crippen molar-refractivity contribution in [3.8, 4) is 0 Å². The number of carbonyl (C=O) groups excluding carboxylic acids is 1. The van der Waals surface area contributed by atoms with E-state index in [1.807, 2.05) is 6.92 Å². The van der Waals surface area contributed by atoms with Gasteiger partial charge in [-0.25, -0.2) is 4.79 Å². The summed E-state index contributed by atoms with van der Waals surface area (Å²) in [5, 5.41) is 21.2. The minimum absolute atomic E-state index is 0.00107. The molecule has 1 unspecified atom stereocenters. The number of hydrogen-bond donors (Lipinski definition) is 3. The van der Waals surface area contributed by atoms with E-state index < -0.39 is 17.4 Å². The molecule has 0 bridgehead atoms. The number of carboxylic acid groups (broad SMARTS) is 1. The second kappa shape index (κ2) is 6.47. The Kier molecular flexibility index (Phi) is 5.21. The summed E-state index contributed by atoms with van der Waals surface area (Å²) in [6.07, 6.45) is 3.98. The lowest BCUT2D eigenvalue weighted by Crippen LogP contribution is -2.49. The Hall–Kier alpha value is -1.95. The van der Waals surface area contributed by atoms with Crippen LogP contribution in [0.25, 0.3) is 0 Å². The molecule has 6 nitrogen and oxygen atoms in total. The number of aromatic carboxylic acids is 1. The average Bonchev–Trinajstić information content (AvgIpc) is 2.38. The molecule has 110 valence electrons. The predicted molar refractivity (Wildman–Crippen MR) is 73.8 cm³/mol. The van der Waals surface area contributed by atoms with E-state index in [-0.39, 0.29) is 17.7 Å². The number of carbonyl (C=O) groups is 2. The highest BCUT2D eigenvalue weighted by Gasteiger charge is 2.26. The van der Waals surface area contributed by atoms with E-state index in [0.717, 1.165) is 6.42 Å². The summed E-state index contributed by atoms with van der Waals surface area (Å²) >= 11 is 0. The van der Waals surface area contributed by atoms with E-state index in [1.54, 1.807) is 13.8 Å². The van der Waals surface area contributed by atoms with Crippen molar-refractivity contribution in [2.24, 2.45) is 0 Å². The molecule has 6 heteroatoms. The monoisotopic (exact) mass is 280 g/mol. The molecule has 3 N–H and O–H groups in total. The maximum atomic E-state index is 12.2. The lowest BCUT2D eigenvalue weighted by atomic mass is 9.96. The van der Waals surface area contributed by atoms with Gasteiger partial charge in [0.1, 0.15) is 0 Å². The van der Waals surface area contributed by atoms with Crippen LogP contribution in [0.3, 0.4) is 0 Å². The van der Waals surface area contributed by atoms with Gasteiger partial charge < -0.3 is 15.5 Å². The molecule has 1 atom stereocenters. The Morgan fingerprint density at radius 1 is 1.35 bits per heavy atom. The van der Waals surface area contributed by atoms with E-state index in [1.165, 1.54) is 12.4 Å². The molecule has 1 rings (SSSR count). The summed E-state index contributed by atoms with van der Waals surface area (Å²) in [5.74, 6) is -1.55. The molecule has 0 saturated heterocycles. The Balaban J connectivity index is 3.04. The van der Waals surface area contributed by atoms with E-state index in [0.29, 0.717) is 12.0 Å². The van der Waals surface area contributed by atoms with Gasteiger partial charge in [0, 0.05) is 12.4 Å². The lowest BCUT2D eigenvalue weighted by Gasteiger charge is -2.28. The summed E-state index contributed by atoms with van der Waals surface area (Å²) in [4.78, 5) is 27.0. The SMILES string of the molecule is CCCC(C)(CO)NC(=O)c1cncc(C(=O)O)c1C. The van der Waals surface area contributed by atoms with Gasteiger partial charge in [0.2, 0.25) is 0 Å². The quantitative estimate of drug-likeness (QED) is 0.730. The second-order valence-electron chi connectivity index (χ2n) is 5.09. The fraction of sp³-hybridized carbons (Fsp3) is 0.500. The third-order valence-electron chi connectivity index (χ3n) is 3.26. The van der Waals surface area contributed by atoms with Crippen molar-refractivity contribution in [2.75, 3.05) is 6.61 Å². The van der Waals surface area contributed by atoms with Crippen LogP contribution in [0.4, 0.5) is 0 Å². The van der Waals surface area contributed by atoms with Gasteiger partial charge in [0.05, 0.1) is 23.3 Å². The second-order valence-corrected chi connectivity index (χ2v) is 5.09. The van der Waals surface area contributed by atoms with Crippen molar-refractivity contribution < 1.29 is 19.8 Å². The van der Waals surface area contributed by atoms with E-state index >= 15 is 0 Å². The van der Waals surface area contributed by atoms with Crippen LogP contribution in [0.5, 0.6) is 0 Å². The van der Waals surface area contributed by atoms with Crippen LogP contribution >= 0.6 is 0 Å². The van der Waals surface area contributed by atoms with Crippen LogP contribution < -0.4 is 5.32 Å². The van der Waals surface area contributed by atoms with E-state index in [2.05, 4.69) is 10.3 Å². The summed E-state index contributed by atoms with van der Waals surface area (Å²) in [6.45, 7) is 5.09. The topological polar surface area (TPSA) is 99.5 Å². The first-order valence-corrected chi connectivity index (χ1v) is 6.46. The van der Waals surface area contributed by atoms with Crippen LogP contribution in [-0.4, -0.2) is 39.2 Å². The maximum Gasteiger partial charge on any atom is 0.337 e. The van der Waals surface area contributed by atoms with Gasteiger partial charge in [0.15, 0.2) is 0 Å². The molecule has 1 aromatic heterocycles. The zero-order valence-electron chi connectivity index (χ0n) is 11.9. The van der Waals surface area contributed by atoms with Gasteiger partial charge >= 0.3 is 5.97 Å². The molecule has 1 amide bonds. The third kappa shape index (κ3) is 3.54. The van der Waals surface area contributed by atoms with Crippen molar-refractivity contribution in [2.45, 2.75) is 39.2 Å². The molecular formula is C14H20N2O4. The molecule has 0 aromatic carbocycles. The van der Waals surface area contributed by atoms with Crippen molar-refractivity contribution in [1.29, 1.82) is 0 Å². The number of nitrogens with one attached hydrogen (secondary N) is 1. The number of nitrogens with zero attached hydrogens (tertiary/aromatic N) is 1. The first-order chi connectivity index (χ1) is 9.34. The molecular weight excluding hydrogens is 260 g/mol. The van der Waals surface area contributed by atoms with Gasteiger partial charge in [-0.05, 0) is 25.8 Å². The summed E-state index contributed by atoms with van der Waals surface area (Å²) in [5.41, 5.74) is -0.154. The van der Waals surface area contributed by atoms with E-state index in [9.17, 15) is 14.7 Å². The Morgan fingerprint density at radius 3 is 2.45 bits per heavy atom. The van der Waals surface area contributed by atoms with Gasteiger partial charge in [-0.2, -0.15) is 0 Å². The molecule has 0 aliphatic carbocycles. The standard InChI is InChI=1S/C14H20N2O4/c1-4-5-14(3,8-17)16-12(18)10-6-15-7-11(9(10)2)13(19)20/h6-7,17H,4-5,8H2,1-3H3,(H,16,18)(H,19,20). The van der Waals surface area contributed by atoms with Crippen LogP contribution in [0, 0.1) is 6.92 Å². The molecule has 0 fully saturated rings. The summed E-state index contributed by atoms with van der Waals surface area (Å²) in [7, 11) is 0. The minimum atomic E-state index is -1.12. The fourth-order valence-corrected chi connectivity index (χ4v) is 2.04. The molecule has 1 heterocycles. The van der Waals surface area contributed by atoms with Crippen molar-refractivity contribution in [1.82, 2.24) is 10.3 Å². The number of amides is 1. The first-order valence-electron chi connectivity index (χ1n) is 6.46. The number of hydrogen-bond acceptors (Lipinski definition) is 4. The smallest absolute Gasteiger partial charge is 0.337 e. The Bertz CT molecular complexity index is 516. The zero-order valence-corrected chi connectivity index (χ0v) is 11.9. The van der Waals surface area contributed by atoms with Crippen LogP contribution in [0.2, 0.25) is 0 Å². The van der Waals surface area contributed by atoms with Gasteiger partial charge in [-0.15, -0.1) is 0 Å².